The molecular weight excluding hydrogens is 597 g/mol. The van der Waals surface area contributed by atoms with Crippen molar-refractivity contribution < 1.29 is 4.42 Å². The normalized spacial score (nSPS) is 25.5. The van der Waals surface area contributed by atoms with Crippen molar-refractivity contribution in [1.82, 2.24) is 0 Å². The standard InChI is InChI=1S/C46H42N2O/c1-3-11-36(12-4-1)47(38-23-21-35(22-24-38)46-29-32-25-33(30-46)27-34(26-32)31-46)39-15-9-16-40(28-39)48(37-13-5-2-6-14-37)42-18-10-20-44-45(42)41-17-7-8-19-43(41)49-44/h1-23,28,32-34,38H,24-27,29-31H2. The molecule has 242 valence electrons. The fourth-order valence-electron chi connectivity index (χ4n) is 10.5. The van der Waals surface area contributed by atoms with Crippen LogP contribution in [0.1, 0.15) is 44.9 Å². The molecule has 0 aliphatic heterocycles. The second-order valence-electron chi connectivity index (χ2n) is 15.2. The fourth-order valence-corrected chi connectivity index (χ4v) is 10.5. The Morgan fingerprint density at radius 3 is 1.90 bits per heavy atom. The summed E-state index contributed by atoms with van der Waals surface area (Å²) in [5, 5.41) is 2.26. The van der Waals surface area contributed by atoms with E-state index in [0.29, 0.717) is 5.41 Å². The van der Waals surface area contributed by atoms with E-state index in [1.54, 1.807) is 5.57 Å². The fraction of sp³-hybridized carbons (Fsp3) is 0.261. The highest BCUT2D eigenvalue weighted by Crippen LogP contribution is 2.63. The van der Waals surface area contributed by atoms with Gasteiger partial charge in [-0.15, -0.1) is 0 Å². The van der Waals surface area contributed by atoms with Crippen LogP contribution in [0.4, 0.5) is 28.4 Å². The lowest BCUT2D eigenvalue weighted by atomic mass is 9.47. The molecule has 6 aromatic rings. The molecule has 3 nitrogen and oxygen atoms in total. The van der Waals surface area contributed by atoms with Gasteiger partial charge in [0.05, 0.1) is 17.1 Å². The van der Waals surface area contributed by atoms with Gasteiger partial charge in [-0.1, -0.05) is 85.0 Å². The molecule has 0 N–H and O–H groups in total. The van der Waals surface area contributed by atoms with Crippen molar-refractivity contribution >= 4 is 50.4 Å². The van der Waals surface area contributed by atoms with Gasteiger partial charge < -0.3 is 14.2 Å². The number of fused-ring (bicyclic) bond motifs is 3. The van der Waals surface area contributed by atoms with E-state index >= 15 is 0 Å². The second-order valence-corrected chi connectivity index (χ2v) is 15.2. The molecule has 0 amide bonds. The maximum atomic E-state index is 6.35. The van der Waals surface area contributed by atoms with Crippen LogP contribution < -0.4 is 9.80 Å². The van der Waals surface area contributed by atoms with Crippen LogP contribution in [-0.4, -0.2) is 6.04 Å². The van der Waals surface area contributed by atoms with Crippen molar-refractivity contribution in [3.05, 3.63) is 151 Å². The van der Waals surface area contributed by atoms with Crippen LogP contribution in [0.25, 0.3) is 21.9 Å². The number of para-hydroxylation sites is 3. The number of hydrogen-bond donors (Lipinski definition) is 0. The molecule has 1 unspecified atom stereocenters. The highest BCUT2D eigenvalue weighted by molar-refractivity contribution is 6.13. The molecule has 1 aromatic heterocycles. The summed E-state index contributed by atoms with van der Waals surface area (Å²) in [5.74, 6) is 2.88. The Bertz CT molecular complexity index is 2180. The molecule has 0 saturated heterocycles. The van der Waals surface area contributed by atoms with E-state index in [0.717, 1.165) is 63.2 Å². The van der Waals surface area contributed by atoms with Gasteiger partial charge in [0.25, 0.3) is 0 Å². The summed E-state index contributed by atoms with van der Waals surface area (Å²) in [7, 11) is 0. The van der Waals surface area contributed by atoms with Crippen LogP contribution in [-0.2, 0) is 0 Å². The zero-order valence-corrected chi connectivity index (χ0v) is 27.9. The molecule has 11 rings (SSSR count). The molecule has 0 spiro atoms. The maximum Gasteiger partial charge on any atom is 0.137 e. The van der Waals surface area contributed by atoms with Gasteiger partial charge in [0.1, 0.15) is 11.2 Å². The topological polar surface area (TPSA) is 19.6 Å². The summed E-state index contributed by atoms with van der Waals surface area (Å²) < 4.78 is 6.35. The number of anilines is 5. The third-order valence-electron chi connectivity index (χ3n) is 12.1. The van der Waals surface area contributed by atoms with Gasteiger partial charge in [-0.3, -0.25) is 0 Å². The van der Waals surface area contributed by atoms with Crippen molar-refractivity contribution in [3.63, 3.8) is 0 Å². The first kappa shape index (κ1) is 28.9. The summed E-state index contributed by atoms with van der Waals surface area (Å²) in [4.78, 5) is 4.93. The lowest BCUT2D eigenvalue weighted by Crippen LogP contribution is -2.47. The zero-order valence-electron chi connectivity index (χ0n) is 27.9. The predicted molar refractivity (Wildman–Crippen MR) is 203 cm³/mol. The Kier molecular flexibility index (Phi) is 6.82. The Morgan fingerprint density at radius 2 is 1.18 bits per heavy atom. The first-order valence-corrected chi connectivity index (χ1v) is 18.3. The van der Waals surface area contributed by atoms with Gasteiger partial charge in [-0.05, 0) is 134 Å². The molecule has 5 aliphatic carbocycles. The average molecular weight is 639 g/mol. The van der Waals surface area contributed by atoms with Crippen molar-refractivity contribution in [3.8, 4) is 0 Å². The van der Waals surface area contributed by atoms with Crippen molar-refractivity contribution in [2.45, 2.75) is 51.0 Å². The largest absolute Gasteiger partial charge is 0.456 e. The van der Waals surface area contributed by atoms with Gasteiger partial charge in [-0.2, -0.15) is 0 Å². The number of allylic oxidation sites excluding steroid dienone is 2. The van der Waals surface area contributed by atoms with Crippen LogP contribution in [0.15, 0.2) is 156 Å². The SMILES string of the molecule is C1=CC(N(c2ccccc2)c2cccc(N(c3ccccc3)c3cccc4oc5ccccc5c34)c2)CC=C1C12CC3CC(CC(C3)C1)C2. The van der Waals surface area contributed by atoms with E-state index in [1.807, 2.05) is 6.07 Å². The number of rotatable bonds is 7. The Hall–Kier alpha value is -5.02. The predicted octanol–water partition coefficient (Wildman–Crippen LogP) is 12.7. The summed E-state index contributed by atoms with van der Waals surface area (Å²) in [6, 6.07) is 45.8. The van der Waals surface area contributed by atoms with Gasteiger partial charge in [0.15, 0.2) is 0 Å². The summed E-state index contributed by atoms with van der Waals surface area (Å²) >= 11 is 0. The Morgan fingerprint density at radius 1 is 0.571 bits per heavy atom. The van der Waals surface area contributed by atoms with E-state index in [2.05, 4.69) is 149 Å². The van der Waals surface area contributed by atoms with Crippen LogP contribution in [0.2, 0.25) is 0 Å². The van der Waals surface area contributed by atoms with Gasteiger partial charge >= 0.3 is 0 Å². The minimum atomic E-state index is 0.238. The van der Waals surface area contributed by atoms with Crippen molar-refractivity contribution in [1.29, 1.82) is 0 Å². The molecular formula is C46H42N2O. The first-order chi connectivity index (χ1) is 24.2. The number of benzene rings is 5. The molecule has 49 heavy (non-hydrogen) atoms. The smallest absolute Gasteiger partial charge is 0.137 e. The second kappa shape index (κ2) is 11.6. The maximum absolute atomic E-state index is 6.35. The van der Waals surface area contributed by atoms with E-state index in [4.69, 9.17) is 4.42 Å². The Balaban J connectivity index is 1.06. The molecule has 1 heterocycles. The molecule has 5 aromatic carbocycles. The minimum absolute atomic E-state index is 0.238. The molecule has 0 radical (unpaired) electrons. The van der Waals surface area contributed by atoms with E-state index < -0.39 is 0 Å². The third kappa shape index (κ3) is 4.93. The van der Waals surface area contributed by atoms with Gasteiger partial charge in [0, 0.05) is 28.1 Å². The molecule has 4 saturated carbocycles. The molecule has 5 aliphatic rings. The summed E-state index contributed by atoms with van der Waals surface area (Å²) in [6.45, 7) is 0. The highest BCUT2D eigenvalue weighted by atomic mass is 16.3. The minimum Gasteiger partial charge on any atom is -0.456 e. The molecule has 3 heteroatoms. The number of furan rings is 1. The third-order valence-corrected chi connectivity index (χ3v) is 12.1. The van der Waals surface area contributed by atoms with Crippen molar-refractivity contribution in [2.24, 2.45) is 23.2 Å². The van der Waals surface area contributed by atoms with E-state index in [1.165, 1.54) is 49.9 Å². The molecule has 4 fully saturated rings. The zero-order chi connectivity index (χ0) is 32.4. The van der Waals surface area contributed by atoms with Gasteiger partial charge in [-0.25, -0.2) is 0 Å². The van der Waals surface area contributed by atoms with Crippen molar-refractivity contribution in [2.75, 3.05) is 9.80 Å². The quantitative estimate of drug-likeness (QED) is 0.173. The number of nitrogens with zero attached hydrogens (tertiary/aromatic N) is 2. The van der Waals surface area contributed by atoms with Crippen LogP contribution in [0, 0.1) is 23.2 Å². The monoisotopic (exact) mass is 638 g/mol. The van der Waals surface area contributed by atoms with Crippen LogP contribution in [0.3, 0.4) is 0 Å². The van der Waals surface area contributed by atoms with Crippen LogP contribution >= 0.6 is 0 Å². The summed E-state index contributed by atoms with van der Waals surface area (Å²) in [6.07, 6.45) is 17.4. The lowest BCUT2D eigenvalue weighted by molar-refractivity contribution is -0.0288. The first-order valence-electron chi connectivity index (χ1n) is 18.3. The molecule has 4 bridgehead atoms. The van der Waals surface area contributed by atoms with E-state index in [-0.39, 0.29) is 6.04 Å². The van der Waals surface area contributed by atoms with E-state index in [9.17, 15) is 0 Å². The molecule has 1 atom stereocenters. The lowest BCUT2D eigenvalue weighted by Gasteiger charge is -2.57. The van der Waals surface area contributed by atoms with Crippen LogP contribution in [0.5, 0.6) is 0 Å². The highest BCUT2D eigenvalue weighted by Gasteiger charge is 2.52. The number of hydrogen-bond acceptors (Lipinski definition) is 3. The summed E-state index contributed by atoms with van der Waals surface area (Å²) in [5.41, 5.74) is 9.63. The average Bonchev–Trinajstić information content (AvgIpc) is 3.52. The van der Waals surface area contributed by atoms with Gasteiger partial charge in [0.2, 0.25) is 0 Å². The Labute approximate surface area is 289 Å².